The van der Waals surface area contributed by atoms with E-state index in [2.05, 4.69) is 0 Å². The first-order valence-electron chi connectivity index (χ1n) is 12.4. The lowest BCUT2D eigenvalue weighted by atomic mass is 9.96. The van der Waals surface area contributed by atoms with Crippen molar-refractivity contribution in [2.24, 2.45) is 0 Å². The number of amides is 2. The van der Waals surface area contributed by atoms with Crippen molar-refractivity contribution in [2.45, 2.75) is 38.0 Å². The van der Waals surface area contributed by atoms with Crippen LogP contribution in [0.25, 0.3) is 0 Å². The van der Waals surface area contributed by atoms with Crippen LogP contribution in [0.3, 0.4) is 0 Å². The van der Waals surface area contributed by atoms with Gasteiger partial charge in [0, 0.05) is 33.0 Å². The van der Waals surface area contributed by atoms with Gasteiger partial charge in [-0.3, -0.25) is 0 Å². The predicted octanol–water partition coefficient (Wildman–Crippen LogP) is 6.30. The Morgan fingerprint density at radius 3 is 2.44 bits per heavy atom. The van der Waals surface area contributed by atoms with Crippen molar-refractivity contribution in [3.63, 3.8) is 0 Å². The Labute approximate surface area is 236 Å². The van der Waals surface area contributed by atoms with Crippen molar-refractivity contribution in [3.05, 3.63) is 93.7 Å². The molecule has 2 amide bonds. The fourth-order valence-corrected chi connectivity index (χ4v) is 4.76. The summed E-state index contributed by atoms with van der Waals surface area (Å²) in [4.78, 5) is 28.2. The molecule has 0 aromatic heterocycles. The molecule has 1 saturated heterocycles. The van der Waals surface area contributed by atoms with Gasteiger partial charge in [0.15, 0.2) is 11.6 Å². The van der Waals surface area contributed by atoms with Gasteiger partial charge < -0.3 is 24.4 Å². The van der Waals surface area contributed by atoms with Crippen LogP contribution in [-0.2, 0) is 17.8 Å². The van der Waals surface area contributed by atoms with Crippen LogP contribution >= 0.6 is 23.2 Å². The van der Waals surface area contributed by atoms with Gasteiger partial charge in [-0.25, -0.2) is 14.0 Å². The summed E-state index contributed by atoms with van der Waals surface area (Å²) in [6.07, 6.45) is 0.663. The fraction of sp³-hybridized carbons (Fsp3) is 0.310. The molecule has 206 valence electrons. The molecule has 0 bridgehead atoms. The standard InChI is InChI=1S/C29H29Cl2FN2O5/c1-29(27(35)36,39-26-6-4-3-5-25(26)32)16-19-7-10-22(11-8-19)38-14-13-21-18-34(28(37)33(21)2)17-20-9-12-23(30)24(31)15-20/h3-12,15,21H,13-14,16-18H2,1-2H3,(H,35,36). The monoisotopic (exact) mass is 574 g/mol. The molecule has 0 aliphatic carbocycles. The molecule has 2 atom stereocenters. The topological polar surface area (TPSA) is 79.3 Å². The minimum absolute atomic E-state index is 0.00801. The zero-order valence-corrected chi connectivity index (χ0v) is 23.1. The van der Waals surface area contributed by atoms with E-state index in [-0.39, 0.29) is 24.2 Å². The van der Waals surface area contributed by atoms with Gasteiger partial charge in [0.05, 0.1) is 22.7 Å². The summed E-state index contributed by atoms with van der Waals surface area (Å²) in [7, 11) is 1.78. The third kappa shape index (κ3) is 6.94. The minimum Gasteiger partial charge on any atom is -0.494 e. The van der Waals surface area contributed by atoms with Crippen LogP contribution < -0.4 is 9.47 Å². The first-order chi connectivity index (χ1) is 18.6. The van der Waals surface area contributed by atoms with Crippen LogP contribution in [0.2, 0.25) is 10.0 Å². The van der Waals surface area contributed by atoms with E-state index in [9.17, 15) is 19.1 Å². The van der Waals surface area contributed by atoms with E-state index in [0.29, 0.717) is 47.5 Å². The van der Waals surface area contributed by atoms with Crippen molar-refractivity contribution in [3.8, 4) is 11.5 Å². The Kier molecular flexibility index (Phi) is 8.87. The Hall–Kier alpha value is -3.49. The first-order valence-corrected chi connectivity index (χ1v) is 13.2. The van der Waals surface area contributed by atoms with Gasteiger partial charge in [-0.05, 0) is 54.4 Å². The van der Waals surface area contributed by atoms with Gasteiger partial charge in [-0.15, -0.1) is 0 Å². The molecule has 1 heterocycles. The van der Waals surface area contributed by atoms with Crippen LogP contribution in [0, 0.1) is 5.82 Å². The molecule has 3 aromatic rings. The van der Waals surface area contributed by atoms with Gasteiger partial charge in [-0.2, -0.15) is 0 Å². The molecule has 0 radical (unpaired) electrons. The highest BCUT2D eigenvalue weighted by Gasteiger charge is 2.37. The van der Waals surface area contributed by atoms with Crippen LogP contribution in [0.5, 0.6) is 11.5 Å². The van der Waals surface area contributed by atoms with Gasteiger partial charge in [-0.1, -0.05) is 53.5 Å². The molecule has 3 aromatic carbocycles. The smallest absolute Gasteiger partial charge is 0.348 e. The van der Waals surface area contributed by atoms with Crippen molar-refractivity contribution in [1.29, 1.82) is 0 Å². The maximum atomic E-state index is 14.0. The number of urea groups is 1. The molecule has 1 aliphatic heterocycles. The molecule has 2 unspecified atom stereocenters. The van der Waals surface area contributed by atoms with Gasteiger partial charge in [0.2, 0.25) is 5.60 Å². The SMILES string of the molecule is CN1C(=O)N(Cc2ccc(Cl)c(Cl)c2)CC1CCOc1ccc(CC(C)(Oc2ccccc2F)C(=O)O)cc1. The quantitative estimate of drug-likeness (QED) is 0.290. The molecule has 0 spiro atoms. The average Bonchev–Trinajstić information content (AvgIpc) is 3.16. The van der Waals surface area contributed by atoms with Crippen molar-refractivity contribution >= 4 is 35.2 Å². The molecule has 1 fully saturated rings. The van der Waals surface area contributed by atoms with E-state index in [1.807, 2.05) is 6.07 Å². The minimum atomic E-state index is -1.66. The number of carboxylic acids is 1. The van der Waals surface area contributed by atoms with E-state index in [1.165, 1.54) is 25.1 Å². The van der Waals surface area contributed by atoms with Gasteiger partial charge in [0.1, 0.15) is 5.75 Å². The Morgan fingerprint density at radius 1 is 1.08 bits per heavy atom. The normalized spacial score (nSPS) is 16.7. The Balaban J connectivity index is 1.30. The van der Waals surface area contributed by atoms with Gasteiger partial charge in [0.25, 0.3) is 0 Å². The number of carbonyl (C=O) groups excluding carboxylic acids is 1. The summed E-state index contributed by atoms with van der Waals surface area (Å²) in [5, 5.41) is 10.7. The second-order valence-electron chi connectivity index (χ2n) is 9.70. The number of nitrogens with zero attached hydrogens (tertiary/aromatic N) is 2. The zero-order valence-electron chi connectivity index (χ0n) is 21.6. The van der Waals surface area contributed by atoms with E-state index < -0.39 is 17.4 Å². The molecular weight excluding hydrogens is 546 g/mol. The molecule has 7 nitrogen and oxygen atoms in total. The lowest BCUT2D eigenvalue weighted by Gasteiger charge is -2.26. The number of para-hydroxylation sites is 1. The number of aliphatic carboxylic acids is 1. The molecule has 39 heavy (non-hydrogen) atoms. The second kappa shape index (κ2) is 12.1. The highest BCUT2D eigenvalue weighted by molar-refractivity contribution is 6.42. The maximum Gasteiger partial charge on any atom is 0.348 e. The maximum absolute atomic E-state index is 14.0. The molecule has 4 rings (SSSR count). The summed E-state index contributed by atoms with van der Waals surface area (Å²) < 4.78 is 25.5. The number of likely N-dealkylation sites (N-methyl/N-ethyl adjacent to an activating group) is 1. The summed E-state index contributed by atoms with van der Waals surface area (Å²) in [5.74, 6) is -1.32. The highest BCUT2D eigenvalue weighted by Crippen LogP contribution is 2.27. The molecule has 1 N–H and O–H groups in total. The molecular formula is C29H29Cl2FN2O5. The summed E-state index contributed by atoms with van der Waals surface area (Å²) in [5.41, 5.74) is -0.0583. The number of rotatable bonds is 11. The first kappa shape index (κ1) is 28.5. The number of hydrogen-bond acceptors (Lipinski definition) is 4. The number of carboxylic acid groups (broad SMARTS) is 1. The number of hydrogen-bond donors (Lipinski definition) is 1. The largest absolute Gasteiger partial charge is 0.494 e. The fourth-order valence-electron chi connectivity index (χ4n) is 4.44. The number of halogens is 3. The van der Waals surface area contributed by atoms with Crippen LogP contribution in [0.1, 0.15) is 24.5 Å². The van der Waals surface area contributed by atoms with Crippen molar-refractivity contribution in [1.82, 2.24) is 9.80 Å². The Bertz CT molecular complexity index is 1340. The van der Waals surface area contributed by atoms with E-state index in [1.54, 1.807) is 59.3 Å². The zero-order chi connectivity index (χ0) is 28.2. The molecule has 1 aliphatic rings. The van der Waals surface area contributed by atoms with E-state index >= 15 is 0 Å². The third-order valence-electron chi connectivity index (χ3n) is 6.72. The third-order valence-corrected chi connectivity index (χ3v) is 7.46. The van der Waals surface area contributed by atoms with Gasteiger partial charge >= 0.3 is 12.0 Å². The van der Waals surface area contributed by atoms with Crippen LogP contribution in [0.4, 0.5) is 9.18 Å². The molecule has 10 heteroatoms. The summed E-state index contributed by atoms with van der Waals surface area (Å²) >= 11 is 12.1. The lowest BCUT2D eigenvalue weighted by Crippen LogP contribution is -2.43. The highest BCUT2D eigenvalue weighted by atomic mass is 35.5. The average molecular weight is 575 g/mol. The van der Waals surface area contributed by atoms with Crippen LogP contribution in [-0.4, -0.2) is 58.7 Å². The predicted molar refractivity (Wildman–Crippen MR) is 147 cm³/mol. The number of carbonyl (C=O) groups is 2. The summed E-state index contributed by atoms with van der Waals surface area (Å²) in [6, 6.07) is 18.0. The second-order valence-corrected chi connectivity index (χ2v) is 10.5. The summed E-state index contributed by atoms with van der Waals surface area (Å²) in [6.45, 7) is 2.81. The number of ether oxygens (including phenoxy) is 2. The van der Waals surface area contributed by atoms with E-state index in [4.69, 9.17) is 32.7 Å². The Morgan fingerprint density at radius 2 is 1.77 bits per heavy atom. The molecule has 0 saturated carbocycles. The lowest BCUT2D eigenvalue weighted by molar-refractivity contribution is -0.153. The number of benzene rings is 3. The van der Waals surface area contributed by atoms with Crippen molar-refractivity contribution < 1.29 is 28.6 Å². The van der Waals surface area contributed by atoms with E-state index in [0.717, 1.165) is 5.56 Å². The van der Waals surface area contributed by atoms with Crippen molar-refractivity contribution in [2.75, 3.05) is 20.2 Å². The van der Waals surface area contributed by atoms with Crippen LogP contribution in [0.15, 0.2) is 66.7 Å².